The summed E-state index contributed by atoms with van der Waals surface area (Å²) in [5.41, 5.74) is -0.352. The third-order valence-corrected chi connectivity index (χ3v) is 1.89. The summed E-state index contributed by atoms with van der Waals surface area (Å²) in [4.78, 5) is 10.9. The lowest BCUT2D eigenvalue weighted by Gasteiger charge is -2.31. The Bertz CT molecular complexity index is 147. The molecule has 0 radical (unpaired) electrons. The van der Waals surface area contributed by atoms with E-state index in [9.17, 15) is 4.79 Å². The van der Waals surface area contributed by atoms with Crippen molar-refractivity contribution < 1.29 is 9.90 Å². The Hall–Kier alpha value is -0.410. The largest absolute Gasteiger partial charge is 0.394 e. The number of carbonyl (C=O) groups excluding carboxylic acids is 1. The van der Waals surface area contributed by atoms with Crippen LogP contribution >= 0.6 is 0 Å². The summed E-state index contributed by atoms with van der Waals surface area (Å²) in [5, 5.41) is 12.0. The van der Waals surface area contributed by atoms with Gasteiger partial charge in [-0.1, -0.05) is 0 Å². The highest BCUT2D eigenvalue weighted by molar-refractivity contribution is 5.80. The summed E-state index contributed by atoms with van der Waals surface area (Å²) in [6, 6.07) is 0. The lowest BCUT2D eigenvalue weighted by Crippen LogP contribution is -2.51. The van der Waals surface area contributed by atoms with Crippen LogP contribution in [0, 0.1) is 0 Å². The van der Waals surface area contributed by atoms with E-state index in [1.165, 1.54) is 0 Å². The summed E-state index contributed by atoms with van der Waals surface area (Å²) in [5.74, 6) is 0.246. The molecular formula is C7H13NO2. The molecule has 58 valence electrons. The van der Waals surface area contributed by atoms with Gasteiger partial charge in [0.05, 0.1) is 6.61 Å². The monoisotopic (exact) mass is 143 g/mol. The Kier molecular flexibility index (Phi) is 2.06. The van der Waals surface area contributed by atoms with Crippen molar-refractivity contribution >= 4 is 5.78 Å². The van der Waals surface area contributed by atoms with Crippen molar-refractivity contribution in [3.8, 4) is 0 Å². The third-order valence-electron chi connectivity index (χ3n) is 1.89. The number of hydrogen-bond donors (Lipinski definition) is 2. The van der Waals surface area contributed by atoms with Gasteiger partial charge >= 0.3 is 0 Å². The van der Waals surface area contributed by atoms with Crippen LogP contribution in [0.4, 0.5) is 0 Å². The molecule has 3 nitrogen and oxygen atoms in total. The van der Waals surface area contributed by atoms with Crippen LogP contribution in [0.2, 0.25) is 0 Å². The maximum absolute atomic E-state index is 10.9. The van der Waals surface area contributed by atoms with Crippen LogP contribution in [0.1, 0.15) is 19.8 Å². The molecule has 10 heavy (non-hydrogen) atoms. The van der Waals surface area contributed by atoms with Crippen LogP contribution in [-0.4, -0.2) is 29.6 Å². The van der Waals surface area contributed by atoms with Gasteiger partial charge in [-0.25, -0.2) is 0 Å². The van der Waals surface area contributed by atoms with Crippen LogP contribution in [0.5, 0.6) is 0 Å². The number of Topliss-reactive ketones (excluding diaryl/α,β-unsaturated/α-hetero) is 1. The zero-order valence-electron chi connectivity index (χ0n) is 6.18. The fourth-order valence-corrected chi connectivity index (χ4v) is 1.20. The second kappa shape index (κ2) is 2.68. The minimum absolute atomic E-state index is 0.0404. The highest BCUT2D eigenvalue weighted by Gasteiger charge is 2.29. The predicted molar refractivity (Wildman–Crippen MR) is 37.7 cm³/mol. The van der Waals surface area contributed by atoms with Gasteiger partial charge in [-0.05, 0) is 6.92 Å². The molecule has 1 rings (SSSR count). The molecule has 1 aliphatic heterocycles. The fraction of sp³-hybridized carbons (Fsp3) is 0.857. The Morgan fingerprint density at radius 2 is 2.50 bits per heavy atom. The molecule has 1 aliphatic rings. The molecule has 0 aromatic heterocycles. The first-order valence-electron chi connectivity index (χ1n) is 3.54. The second-order valence-corrected chi connectivity index (χ2v) is 3.11. The molecule has 0 spiro atoms. The van der Waals surface area contributed by atoms with Gasteiger partial charge in [-0.15, -0.1) is 0 Å². The second-order valence-electron chi connectivity index (χ2n) is 3.11. The Morgan fingerprint density at radius 1 is 1.80 bits per heavy atom. The van der Waals surface area contributed by atoms with Crippen LogP contribution in [0.25, 0.3) is 0 Å². The Labute approximate surface area is 60.4 Å². The SMILES string of the molecule is CC1(CO)CC(=O)CCN1. The van der Waals surface area contributed by atoms with Crippen LogP contribution in [0.15, 0.2) is 0 Å². The molecule has 3 heteroatoms. The molecule has 0 aromatic rings. The number of rotatable bonds is 1. The highest BCUT2D eigenvalue weighted by Crippen LogP contribution is 2.14. The van der Waals surface area contributed by atoms with Crippen molar-refractivity contribution in [2.24, 2.45) is 0 Å². The van der Waals surface area contributed by atoms with Gasteiger partial charge in [0, 0.05) is 24.9 Å². The lowest BCUT2D eigenvalue weighted by atomic mass is 9.91. The molecule has 0 aromatic carbocycles. The van der Waals surface area contributed by atoms with Gasteiger partial charge in [-0.3, -0.25) is 4.79 Å². The normalized spacial score (nSPS) is 34.4. The molecule has 0 bridgehead atoms. The summed E-state index contributed by atoms with van der Waals surface area (Å²) >= 11 is 0. The molecule has 1 heterocycles. The van der Waals surface area contributed by atoms with Crippen molar-refractivity contribution in [1.82, 2.24) is 5.32 Å². The van der Waals surface area contributed by atoms with Crippen LogP contribution in [0.3, 0.4) is 0 Å². The van der Waals surface area contributed by atoms with E-state index in [1.54, 1.807) is 0 Å². The first-order valence-corrected chi connectivity index (χ1v) is 3.54. The zero-order chi connectivity index (χ0) is 7.61. The van der Waals surface area contributed by atoms with E-state index in [0.29, 0.717) is 19.4 Å². The molecule has 2 N–H and O–H groups in total. The van der Waals surface area contributed by atoms with Crippen LogP contribution in [-0.2, 0) is 4.79 Å². The molecule has 1 atom stereocenters. The number of aliphatic hydroxyl groups excluding tert-OH is 1. The first-order chi connectivity index (χ1) is 4.66. The molecule has 0 saturated carbocycles. The summed E-state index contributed by atoms with van der Waals surface area (Å²) in [6.45, 7) is 2.61. The highest BCUT2D eigenvalue weighted by atomic mass is 16.3. The van der Waals surface area contributed by atoms with Gasteiger partial charge in [0.2, 0.25) is 0 Å². The zero-order valence-corrected chi connectivity index (χ0v) is 6.18. The molecule has 1 fully saturated rings. The van der Waals surface area contributed by atoms with Crippen molar-refractivity contribution in [1.29, 1.82) is 0 Å². The summed E-state index contributed by atoms with van der Waals surface area (Å²) in [6.07, 6.45) is 1.07. The van der Waals surface area contributed by atoms with Gasteiger partial charge < -0.3 is 10.4 Å². The van der Waals surface area contributed by atoms with Gasteiger partial charge in [0.15, 0.2) is 0 Å². The lowest BCUT2D eigenvalue weighted by molar-refractivity contribution is -0.122. The topological polar surface area (TPSA) is 49.3 Å². The Balaban J connectivity index is 2.53. The molecule has 0 aliphatic carbocycles. The van der Waals surface area contributed by atoms with Gasteiger partial charge in [0.1, 0.15) is 5.78 Å². The average molecular weight is 143 g/mol. The third kappa shape index (κ3) is 1.55. The van der Waals surface area contributed by atoms with E-state index in [2.05, 4.69) is 5.32 Å². The van der Waals surface area contributed by atoms with E-state index in [4.69, 9.17) is 5.11 Å². The Morgan fingerprint density at radius 3 is 2.90 bits per heavy atom. The van der Waals surface area contributed by atoms with E-state index in [-0.39, 0.29) is 17.9 Å². The molecule has 1 unspecified atom stereocenters. The van der Waals surface area contributed by atoms with E-state index in [0.717, 1.165) is 0 Å². The van der Waals surface area contributed by atoms with Gasteiger partial charge in [0.25, 0.3) is 0 Å². The molecule has 0 amide bonds. The van der Waals surface area contributed by atoms with E-state index in [1.807, 2.05) is 6.92 Å². The average Bonchev–Trinajstić information content (AvgIpc) is 1.88. The van der Waals surface area contributed by atoms with E-state index >= 15 is 0 Å². The number of aliphatic hydroxyl groups is 1. The summed E-state index contributed by atoms with van der Waals surface area (Å²) < 4.78 is 0. The van der Waals surface area contributed by atoms with E-state index < -0.39 is 0 Å². The van der Waals surface area contributed by atoms with Crippen molar-refractivity contribution in [2.45, 2.75) is 25.3 Å². The van der Waals surface area contributed by atoms with Crippen molar-refractivity contribution in [2.75, 3.05) is 13.2 Å². The number of ketones is 1. The number of hydrogen-bond acceptors (Lipinski definition) is 3. The maximum atomic E-state index is 10.9. The fourth-order valence-electron chi connectivity index (χ4n) is 1.20. The summed E-state index contributed by atoms with van der Waals surface area (Å²) in [7, 11) is 0. The molecule has 1 saturated heterocycles. The minimum atomic E-state index is -0.352. The van der Waals surface area contributed by atoms with Gasteiger partial charge in [-0.2, -0.15) is 0 Å². The quantitative estimate of drug-likeness (QED) is 0.529. The van der Waals surface area contributed by atoms with Crippen molar-refractivity contribution in [3.63, 3.8) is 0 Å². The van der Waals surface area contributed by atoms with Crippen LogP contribution < -0.4 is 5.32 Å². The smallest absolute Gasteiger partial charge is 0.136 e. The number of carbonyl (C=O) groups is 1. The first kappa shape index (κ1) is 7.69. The maximum Gasteiger partial charge on any atom is 0.136 e. The van der Waals surface area contributed by atoms with Crippen molar-refractivity contribution in [3.05, 3.63) is 0 Å². The minimum Gasteiger partial charge on any atom is -0.394 e. The number of nitrogens with one attached hydrogen (secondary N) is 1. The predicted octanol–water partition coefficient (Wildman–Crippen LogP) is -0.310. The number of piperidine rings is 1. The molecular weight excluding hydrogens is 130 g/mol. The standard InChI is InChI=1S/C7H13NO2/c1-7(5-9)4-6(10)2-3-8-7/h8-9H,2-5H2,1H3.